The molecule has 0 saturated heterocycles. The fourth-order valence-corrected chi connectivity index (χ4v) is 3.60. The van der Waals surface area contributed by atoms with Crippen LogP contribution in [-0.2, 0) is 17.8 Å². The lowest BCUT2D eigenvalue weighted by Gasteiger charge is -2.12. The molecule has 0 heterocycles. The number of nitrogens with one attached hydrogen (secondary N) is 1. The Labute approximate surface area is 202 Å². The van der Waals surface area contributed by atoms with Gasteiger partial charge in [-0.1, -0.05) is 54.6 Å². The Hall–Kier alpha value is -4.72. The first-order valence-electron chi connectivity index (χ1n) is 10.9. The Morgan fingerprint density at radius 1 is 0.971 bits per heavy atom. The summed E-state index contributed by atoms with van der Waals surface area (Å²) in [5, 5.41) is 17.4. The van der Waals surface area contributed by atoms with Crippen molar-refractivity contribution in [2.75, 3.05) is 7.11 Å². The van der Waals surface area contributed by atoms with Gasteiger partial charge in [0.25, 0.3) is 5.69 Å². The minimum Gasteiger partial charge on any atom is -0.493 e. The topological polar surface area (TPSA) is 103 Å². The summed E-state index contributed by atoms with van der Waals surface area (Å²) < 4.78 is 11.4. The predicted molar refractivity (Wildman–Crippen MR) is 134 cm³/mol. The van der Waals surface area contributed by atoms with Crippen molar-refractivity contribution in [3.8, 4) is 11.5 Å². The van der Waals surface area contributed by atoms with Crippen LogP contribution in [-0.4, -0.2) is 24.2 Å². The molecule has 0 bridgehead atoms. The van der Waals surface area contributed by atoms with E-state index >= 15 is 0 Å². The van der Waals surface area contributed by atoms with Crippen LogP contribution in [0.2, 0.25) is 0 Å². The number of nitro groups is 1. The average Bonchev–Trinajstić information content (AvgIpc) is 2.87. The van der Waals surface area contributed by atoms with E-state index in [9.17, 15) is 14.9 Å². The average molecular weight is 469 g/mol. The Morgan fingerprint density at radius 3 is 2.54 bits per heavy atom. The Balaban J connectivity index is 1.37. The van der Waals surface area contributed by atoms with Crippen molar-refractivity contribution in [1.82, 2.24) is 5.43 Å². The molecule has 4 rings (SSSR count). The lowest BCUT2D eigenvalue weighted by atomic mass is 10.1. The molecular formula is C27H23N3O5. The van der Waals surface area contributed by atoms with E-state index in [1.807, 2.05) is 18.2 Å². The van der Waals surface area contributed by atoms with E-state index in [2.05, 4.69) is 34.8 Å². The van der Waals surface area contributed by atoms with E-state index < -0.39 is 10.8 Å². The molecule has 0 spiro atoms. The number of fused-ring (bicyclic) bond motifs is 1. The first kappa shape index (κ1) is 23.4. The highest BCUT2D eigenvalue weighted by atomic mass is 16.6. The number of benzene rings is 4. The van der Waals surface area contributed by atoms with Gasteiger partial charge in [-0.2, -0.15) is 5.10 Å². The molecule has 8 heteroatoms. The summed E-state index contributed by atoms with van der Waals surface area (Å²) in [6.45, 7) is 0.385. The molecule has 0 aliphatic rings. The Kier molecular flexibility index (Phi) is 7.32. The number of methoxy groups -OCH3 is 1. The zero-order valence-electron chi connectivity index (χ0n) is 19.0. The normalized spacial score (nSPS) is 10.9. The van der Waals surface area contributed by atoms with Gasteiger partial charge < -0.3 is 9.47 Å². The number of nitro benzene ring substituents is 1. The highest BCUT2D eigenvalue weighted by Crippen LogP contribution is 2.29. The van der Waals surface area contributed by atoms with Gasteiger partial charge in [-0.05, 0) is 46.2 Å². The molecule has 4 aromatic carbocycles. The number of ether oxygens (including phenoxy) is 2. The lowest BCUT2D eigenvalue weighted by Crippen LogP contribution is -2.20. The van der Waals surface area contributed by atoms with Gasteiger partial charge in [0.1, 0.15) is 6.61 Å². The number of hydrogen-bond donors (Lipinski definition) is 1. The molecule has 0 unspecified atom stereocenters. The van der Waals surface area contributed by atoms with Gasteiger partial charge >= 0.3 is 0 Å². The van der Waals surface area contributed by atoms with Crippen LogP contribution < -0.4 is 14.9 Å². The quantitative estimate of drug-likeness (QED) is 0.210. The zero-order chi connectivity index (χ0) is 24.6. The molecule has 8 nitrogen and oxygen atoms in total. The van der Waals surface area contributed by atoms with E-state index in [0.29, 0.717) is 29.2 Å². The summed E-state index contributed by atoms with van der Waals surface area (Å²) in [6, 6.07) is 25.7. The van der Waals surface area contributed by atoms with Crippen molar-refractivity contribution < 1.29 is 19.2 Å². The first-order valence-corrected chi connectivity index (χ1v) is 10.9. The number of carbonyl (C=O) groups is 1. The van der Waals surface area contributed by atoms with Crippen LogP contribution in [0.5, 0.6) is 11.5 Å². The molecular weight excluding hydrogens is 446 g/mol. The third kappa shape index (κ3) is 6.00. The smallest absolute Gasteiger partial charge is 0.273 e. The molecule has 4 aromatic rings. The van der Waals surface area contributed by atoms with Crippen molar-refractivity contribution in [2.24, 2.45) is 5.10 Å². The van der Waals surface area contributed by atoms with Gasteiger partial charge in [0, 0.05) is 11.6 Å². The molecule has 0 fully saturated rings. The Morgan fingerprint density at radius 2 is 1.74 bits per heavy atom. The maximum atomic E-state index is 12.2. The maximum Gasteiger partial charge on any atom is 0.273 e. The number of para-hydroxylation sites is 1. The van der Waals surface area contributed by atoms with Crippen molar-refractivity contribution in [2.45, 2.75) is 13.0 Å². The van der Waals surface area contributed by atoms with E-state index in [1.165, 1.54) is 17.7 Å². The van der Waals surface area contributed by atoms with Gasteiger partial charge in [-0.15, -0.1) is 0 Å². The summed E-state index contributed by atoms with van der Waals surface area (Å²) in [6.07, 6.45) is 1.31. The van der Waals surface area contributed by atoms with E-state index in [0.717, 1.165) is 10.9 Å². The standard InChI is InChI=1S/C27H23N3O5/c1-34-26-15-19(17-28-29-27(31)16-23-8-4-5-9-24(23)30(32)33)11-13-25(26)35-18-20-10-12-21-6-2-3-7-22(21)14-20/h2-15,17H,16,18H2,1H3,(H,29,31)/b28-17+. The van der Waals surface area contributed by atoms with E-state index in [4.69, 9.17) is 9.47 Å². The number of amides is 1. The molecule has 0 atom stereocenters. The van der Waals surface area contributed by atoms with Crippen LogP contribution >= 0.6 is 0 Å². The maximum absolute atomic E-state index is 12.2. The van der Waals surface area contributed by atoms with Crippen molar-refractivity contribution in [1.29, 1.82) is 0 Å². The molecule has 35 heavy (non-hydrogen) atoms. The van der Waals surface area contributed by atoms with Gasteiger partial charge in [0.15, 0.2) is 11.5 Å². The van der Waals surface area contributed by atoms with Crippen molar-refractivity contribution >= 4 is 28.6 Å². The van der Waals surface area contributed by atoms with Crippen LogP contribution in [0.4, 0.5) is 5.69 Å². The van der Waals surface area contributed by atoms with E-state index in [1.54, 1.807) is 43.5 Å². The Bertz CT molecular complexity index is 1400. The van der Waals surface area contributed by atoms with Gasteiger partial charge in [0.2, 0.25) is 5.91 Å². The molecule has 1 amide bonds. The predicted octanol–water partition coefficient (Wildman–Crippen LogP) is 5.03. The van der Waals surface area contributed by atoms with Crippen molar-refractivity contribution in [3.05, 3.63) is 112 Å². The zero-order valence-corrected chi connectivity index (χ0v) is 19.0. The highest BCUT2D eigenvalue weighted by molar-refractivity contribution is 5.84. The highest BCUT2D eigenvalue weighted by Gasteiger charge is 2.15. The monoisotopic (exact) mass is 469 g/mol. The number of carbonyl (C=O) groups excluding carboxylic acids is 1. The third-order valence-corrected chi connectivity index (χ3v) is 5.34. The van der Waals surface area contributed by atoms with Gasteiger partial charge in [0.05, 0.1) is 24.7 Å². The minimum absolute atomic E-state index is 0.101. The van der Waals surface area contributed by atoms with E-state index in [-0.39, 0.29) is 12.1 Å². The second-order valence-corrected chi connectivity index (χ2v) is 7.74. The molecule has 0 aliphatic carbocycles. The number of nitrogens with zero attached hydrogens (tertiary/aromatic N) is 2. The summed E-state index contributed by atoms with van der Waals surface area (Å²) in [5.74, 6) is 0.650. The summed E-state index contributed by atoms with van der Waals surface area (Å²) >= 11 is 0. The van der Waals surface area contributed by atoms with Crippen molar-refractivity contribution in [3.63, 3.8) is 0 Å². The first-order chi connectivity index (χ1) is 17.0. The second kappa shape index (κ2) is 10.9. The van der Waals surface area contributed by atoms with Crippen LogP contribution in [0.3, 0.4) is 0 Å². The minimum atomic E-state index is -0.512. The van der Waals surface area contributed by atoms with Crippen LogP contribution in [0.1, 0.15) is 16.7 Å². The molecule has 0 aliphatic heterocycles. The van der Waals surface area contributed by atoms with Crippen LogP contribution in [0.15, 0.2) is 90.0 Å². The summed E-state index contributed by atoms with van der Waals surface area (Å²) in [4.78, 5) is 22.7. The fourth-order valence-electron chi connectivity index (χ4n) is 3.60. The van der Waals surface area contributed by atoms with Gasteiger partial charge in [-0.25, -0.2) is 5.43 Å². The molecule has 176 valence electrons. The molecule has 0 saturated carbocycles. The van der Waals surface area contributed by atoms with Crippen LogP contribution in [0, 0.1) is 10.1 Å². The number of rotatable bonds is 9. The SMILES string of the molecule is COc1cc(/C=N/NC(=O)Cc2ccccc2[N+](=O)[O-])ccc1OCc1ccc2ccccc2c1. The second-order valence-electron chi connectivity index (χ2n) is 7.74. The van der Waals surface area contributed by atoms with Crippen LogP contribution in [0.25, 0.3) is 10.8 Å². The third-order valence-electron chi connectivity index (χ3n) is 5.34. The molecule has 1 N–H and O–H groups in total. The molecule has 0 radical (unpaired) electrons. The fraction of sp³-hybridized carbons (Fsp3) is 0.111. The number of hydrogen-bond acceptors (Lipinski definition) is 6. The molecule has 0 aromatic heterocycles. The summed E-state index contributed by atoms with van der Waals surface area (Å²) in [5.41, 5.74) is 4.34. The van der Waals surface area contributed by atoms with Gasteiger partial charge in [-0.3, -0.25) is 14.9 Å². The summed E-state index contributed by atoms with van der Waals surface area (Å²) in [7, 11) is 1.55. The lowest BCUT2D eigenvalue weighted by molar-refractivity contribution is -0.385. The number of hydrazone groups is 1. The largest absolute Gasteiger partial charge is 0.493 e.